The average Bonchev–Trinajstić information content (AvgIpc) is 2.49. The van der Waals surface area contributed by atoms with Crippen LogP contribution >= 0.6 is 0 Å². The zero-order valence-electron chi connectivity index (χ0n) is 14.9. The van der Waals surface area contributed by atoms with Crippen LogP contribution in [0.3, 0.4) is 0 Å². The van der Waals surface area contributed by atoms with Crippen LogP contribution in [0.15, 0.2) is 30.3 Å². The summed E-state index contributed by atoms with van der Waals surface area (Å²) >= 11 is 0. The SMILES string of the molecule is CCOC(C)O[C@H]1C(=O)N(C(=O)NC(C)(C)C)[C@H]1c1ccccc1. The first-order chi connectivity index (χ1) is 11.2. The van der Waals surface area contributed by atoms with Gasteiger partial charge < -0.3 is 14.8 Å². The number of carbonyl (C=O) groups is 2. The third kappa shape index (κ3) is 4.13. The fourth-order valence-electron chi connectivity index (χ4n) is 2.66. The highest BCUT2D eigenvalue weighted by molar-refractivity contribution is 6.03. The molecule has 3 amide bonds. The Morgan fingerprint density at radius 3 is 2.46 bits per heavy atom. The Kier molecular flexibility index (Phi) is 5.62. The lowest BCUT2D eigenvalue weighted by Gasteiger charge is -2.46. The van der Waals surface area contributed by atoms with Crippen molar-refractivity contribution in [2.24, 2.45) is 0 Å². The Bertz CT molecular complexity index is 582. The van der Waals surface area contributed by atoms with E-state index in [4.69, 9.17) is 9.47 Å². The summed E-state index contributed by atoms with van der Waals surface area (Å²) in [5, 5.41) is 2.83. The molecule has 3 atom stereocenters. The number of likely N-dealkylation sites (tertiary alicyclic amines) is 1. The van der Waals surface area contributed by atoms with Crippen molar-refractivity contribution in [3.8, 4) is 0 Å². The van der Waals surface area contributed by atoms with Crippen LogP contribution in [0.2, 0.25) is 0 Å². The molecular weight excluding hydrogens is 308 g/mol. The normalized spacial score (nSPS) is 22.0. The van der Waals surface area contributed by atoms with E-state index in [0.717, 1.165) is 5.56 Å². The maximum absolute atomic E-state index is 12.5. The van der Waals surface area contributed by atoms with E-state index >= 15 is 0 Å². The van der Waals surface area contributed by atoms with Crippen LogP contribution in [-0.2, 0) is 14.3 Å². The molecule has 1 aliphatic rings. The highest BCUT2D eigenvalue weighted by Gasteiger charge is 2.53. The van der Waals surface area contributed by atoms with Gasteiger partial charge in [0.05, 0.1) is 0 Å². The van der Waals surface area contributed by atoms with Gasteiger partial charge in [-0.25, -0.2) is 4.79 Å². The maximum atomic E-state index is 12.5. The number of hydrogen-bond donors (Lipinski definition) is 1. The molecule has 1 N–H and O–H groups in total. The highest BCUT2D eigenvalue weighted by atomic mass is 16.7. The van der Waals surface area contributed by atoms with Crippen molar-refractivity contribution >= 4 is 11.9 Å². The van der Waals surface area contributed by atoms with Crippen molar-refractivity contribution < 1.29 is 19.1 Å². The summed E-state index contributed by atoms with van der Waals surface area (Å²) in [4.78, 5) is 26.2. The number of nitrogens with one attached hydrogen (secondary N) is 1. The molecule has 132 valence electrons. The van der Waals surface area contributed by atoms with Crippen molar-refractivity contribution in [1.82, 2.24) is 10.2 Å². The molecule has 1 heterocycles. The first-order valence-corrected chi connectivity index (χ1v) is 8.22. The van der Waals surface area contributed by atoms with Gasteiger partial charge in [-0.3, -0.25) is 9.69 Å². The van der Waals surface area contributed by atoms with Gasteiger partial charge in [0.2, 0.25) is 0 Å². The van der Waals surface area contributed by atoms with Crippen LogP contribution in [0.25, 0.3) is 0 Å². The molecule has 1 saturated heterocycles. The molecule has 1 unspecified atom stereocenters. The number of urea groups is 1. The van der Waals surface area contributed by atoms with Gasteiger partial charge in [0.25, 0.3) is 5.91 Å². The molecule has 1 aliphatic heterocycles. The lowest BCUT2D eigenvalue weighted by molar-refractivity contribution is -0.208. The van der Waals surface area contributed by atoms with Crippen molar-refractivity contribution in [3.63, 3.8) is 0 Å². The van der Waals surface area contributed by atoms with Gasteiger partial charge in [-0.15, -0.1) is 0 Å². The van der Waals surface area contributed by atoms with Gasteiger partial charge in [-0.05, 0) is 40.2 Å². The lowest BCUT2D eigenvalue weighted by Crippen LogP contribution is -2.66. The number of imide groups is 1. The molecule has 1 aromatic carbocycles. The van der Waals surface area contributed by atoms with Crippen LogP contribution in [0, 0.1) is 0 Å². The molecule has 6 heteroatoms. The van der Waals surface area contributed by atoms with Gasteiger partial charge in [0, 0.05) is 12.1 Å². The second-order valence-electron chi connectivity index (χ2n) is 6.82. The van der Waals surface area contributed by atoms with E-state index in [0.29, 0.717) is 6.61 Å². The van der Waals surface area contributed by atoms with E-state index in [1.807, 2.05) is 58.0 Å². The Balaban J connectivity index is 2.21. The predicted octanol–water partition coefficient (Wildman–Crippen LogP) is 2.85. The van der Waals surface area contributed by atoms with E-state index < -0.39 is 30.0 Å². The van der Waals surface area contributed by atoms with E-state index in [2.05, 4.69) is 5.32 Å². The Labute approximate surface area is 143 Å². The Hall–Kier alpha value is -1.92. The van der Waals surface area contributed by atoms with E-state index in [-0.39, 0.29) is 5.91 Å². The zero-order valence-corrected chi connectivity index (χ0v) is 14.9. The maximum Gasteiger partial charge on any atom is 0.325 e. The fourth-order valence-corrected chi connectivity index (χ4v) is 2.66. The van der Waals surface area contributed by atoms with E-state index in [1.165, 1.54) is 4.90 Å². The molecule has 0 bridgehead atoms. The highest BCUT2D eigenvalue weighted by Crippen LogP contribution is 2.38. The molecule has 1 aromatic rings. The smallest absolute Gasteiger partial charge is 0.325 e. The molecule has 0 aliphatic carbocycles. The molecule has 24 heavy (non-hydrogen) atoms. The summed E-state index contributed by atoms with van der Waals surface area (Å²) < 4.78 is 11.1. The first-order valence-electron chi connectivity index (χ1n) is 8.22. The van der Waals surface area contributed by atoms with Gasteiger partial charge >= 0.3 is 6.03 Å². The van der Waals surface area contributed by atoms with Gasteiger partial charge in [0.15, 0.2) is 12.4 Å². The zero-order chi connectivity index (χ0) is 17.9. The molecule has 0 radical (unpaired) electrons. The fraction of sp³-hybridized carbons (Fsp3) is 0.556. The number of β-lactam (4-membered cyclic amide) rings is 1. The van der Waals surface area contributed by atoms with Crippen molar-refractivity contribution in [3.05, 3.63) is 35.9 Å². The summed E-state index contributed by atoms with van der Waals surface area (Å²) in [6.07, 6.45) is -1.23. The summed E-state index contributed by atoms with van der Waals surface area (Å²) in [6, 6.07) is 8.55. The minimum absolute atomic E-state index is 0.350. The number of benzene rings is 1. The minimum atomic E-state index is -0.723. The third-order valence-corrected chi connectivity index (χ3v) is 3.63. The number of amides is 3. The number of rotatable bonds is 5. The van der Waals surface area contributed by atoms with Crippen LogP contribution in [-0.4, -0.2) is 41.4 Å². The first kappa shape index (κ1) is 18.4. The summed E-state index contributed by atoms with van der Waals surface area (Å²) in [5.41, 5.74) is 0.429. The molecule has 2 rings (SSSR count). The minimum Gasteiger partial charge on any atom is -0.353 e. The predicted molar refractivity (Wildman–Crippen MR) is 90.3 cm³/mol. The standard InChI is InChI=1S/C18H26N2O4/c1-6-23-12(2)24-15-14(13-10-8-7-9-11-13)20(16(15)21)17(22)19-18(3,4)5/h7-12,14-15H,6H2,1-5H3,(H,19,22)/t12?,14-,15+/m0/s1. The van der Waals surface area contributed by atoms with Crippen molar-refractivity contribution in [1.29, 1.82) is 0 Å². The average molecular weight is 334 g/mol. The van der Waals surface area contributed by atoms with Crippen LogP contribution in [0.5, 0.6) is 0 Å². The topological polar surface area (TPSA) is 67.9 Å². The second kappa shape index (κ2) is 7.32. The van der Waals surface area contributed by atoms with Crippen LogP contribution < -0.4 is 5.32 Å². The van der Waals surface area contributed by atoms with Crippen molar-refractivity contribution in [2.45, 2.75) is 58.6 Å². The molecule has 0 spiro atoms. The molecule has 1 fully saturated rings. The Morgan fingerprint density at radius 1 is 1.29 bits per heavy atom. The lowest BCUT2D eigenvalue weighted by atomic mass is 9.90. The molecular formula is C18H26N2O4. The van der Waals surface area contributed by atoms with E-state index in [9.17, 15) is 9.59 Å². The molecule has 0 aromatic heterocycles. The summed E-state index contributed by atoms with van der Waals surface area (Å²) in [5.74, 6) is -0.350. The van der Waals surface area contributed by atoms with Crippen molar-refractivity contribution in [2.75, 3.05) is 6.61 Å². The Morgan fingerprint density at radius 2 is 1.92 bits per heavy atom. The quantitative estimate of drug-likeness (QED) is 0.664. The summed E-state index contributed by atoms with van der Waals surface area (Å²) in [6.45, 7) is 9.72. The number of hydrogen-bond acceptors (Lipinski definition) is 4. The summed E-state index contributed by atoms with van der Waals surface area (Å²) in [7, 11) is 0. The number of nitrogens with zero attached hydrogens (tertiary/aromatic N) is 1. The third-order valence-electron chi connectivity index (χ3n) is 3.63. The monoisotopic (exact) mass is 334 g/mol. The largest absolute Gasteiger partial charge is 0.353 e. The number of ether oxygens (including phenoxy) is 2. The van der Waals surface area contributed by atoms with Gasteiger partial charge in [0.1, 0.15) is 6.04 Å². The van der Waals surface area contributed by atoms with Crippen LogP contribution in [0.4, 0.5) is 4.79 Å². The number of carbonyl (C=O) groups excluding carboxylic acids is 2. The van der Waals surface area contributed by atoms with Crippen LogP contribution in [0.1, 0.15) is 46.2 Å². The molecule has 6 nitrogen and oxygen atoms in total. The molecule has 0 saturated carbocycles. The van der Waals surface area contributed by atoms with Gasteiger partial charge in [-0.2, -0.15) is 0 Å². The van der Waals surface area contributed by atoms with Gasteiger partial charge in [-0.1, -0.05) is 30.3 Å². The van der Waals surface area contributed by atoms with E-state index in [1.54, 1.807) is 6.92 Å². The second-order valence-corrected chi connectivity index (χ2v) is 6.82.